The zero-order chi connectivity index (χ0) is 17.2. The average Bonchev–Trinajstić information content (AvgIpc) is 3.03. The number of thiazole rings is 1. The maximum absolute atomic E-state index is 12.8. The molecule has 128 valence electrons. The topological polar surface area (TPSA) is 54.0 Å². The fourth-order valence-corrected chi connectivity index (χ4v) is 3.32. The Morgan fingerprint density at radius 1 is 1.38 bits per heavy atom. The molecule has 0 spiro atoms. The second kappa shape index (κ2) is 6.90. The van der Waals surface area contributed by atoms with E-state index >= 15 is 0 Å². The monoisotopic (exact) mass is 355 g/mol. The predicted octanol–water partition coefficient (Wildman–Crippen LogP) is 3.77. The van der Waals surface area contributed by atoms with Gasteiger partial charge in [-0.1, -0.05) is 12.1 Å². The summed E-state index contributed by atoms with van der Waals surface area (Å²) in [5.41, 5.74) is 0.0796. The molecule has 0 radical (unpaired) electrons. The van der Waals surface area contributed by atoms with Gasteiger partial charge in [0.1, 0.15) is 0 Å². The first kappa shape index (κ1) is 16.9. The van der Waals surface area contributed by atoms with Crippen molar-refractivity contribution in [1.29, 1.82) is 0 Å². The molecule has 8 heteroatoms. The summed E-state index contributed by atoms with van der Waals surface area (Å²) in [6.45, 7) is 1.55. The molecule has 1 unspecified atom stereocenters. The number of halogens is 3. The number of alkyl halides is 3. The molecule has 24 heavy (non-hydrogen) atoms. The number of piperidine rings is 1. The zero-order valence-electron chi connectivity index (χ0n) is 12.7. The molecule has 1 aliphatic rings. The zero-order valence-corrected chi connectivity index (χ0v) is 13.5. The van der Waals surface area contributed by atoms with E-state index in [4.69, 9.17) is 0 Å². The van der Waals surface area contributed by atoms with Crippen LogP contribution in [-0.2, 0) is 11.0 Å². The first-order valence-corrected chi connectivity index (χ1v) is 8.46. The van der Waals surface area contributed by atoms with Crippen LogP contribution in [0.1, 0.15) is 18.4 Å². The van der Waals surface area contributed by atoms with Crippen LogP contribution in [0.3, 0.4) is 0 Å². The lowest BCUT2D eigenvalue weighted by Gasteiger charge is -2.21. The van der Waals surface area contributed by atoms with Crippen LogP contribution in [0.15, 0.2) is 29.6 Å². The molecule has 2 aromatic rings. The number of anilines is 1. The van der Waals surface area contributed by atoms with E-state index in [1.54, 1.807) is 11.4 Å². The minimum absolute atomic E-state index is 0.0975. The normalized spacial score (nSPS) is 18.4. The van der Waals surface area contributed by atoms with E-state index in [-0.39, 0.29) is 11.8 Å². The number of nitrogens with one attached hydrogen (secondary N) is 2. The van der Waals surface area contributed by atoms with Gasteiger partial charge in [-0.25, -0.2) is 4.98 Å². The molecule has 0 aliphatic carbocycles. The molecular weight excluding hydrogens is 339 g/mol. The largest absolute Gasteiger partial charge is 0.416 e. The molecule has 2 N–H and O–H groups in total. The number of hydrogen-bond acceptors (Lipinski definition) is 4. The Morgan fingerprint density at radius 2 is 2.21 bits per heavy atom. The highest BCUT2D eigenvalue weighted by Crippen LogP contribution is 2.33. The van der Waals surface area contributed by atoms with Crippen LogP contribution >= 0.6 is 11.3 Å². The van der Waals surface area contributed by atoms with E-state index in [1.165, 1.54) is 17.4 Å². The molecule has 0 saturated carbocycles. The smallest absolute Gasteiger partial charge is 0.316 e. The van der Waals surface area contributed by atoms with Gasteiger partial charge < -0.3 is 10.6 Å². The fraction of sp³-hybridized carbons (Fsp3) is 0.375. The van der Waals surface area contributed by atoms with Crippen molar-refractivity contribution in [3.63, 3.8) is 0 Å². The second-order valence-electron chi connectivity index (χ2n) is 5.65. The Labute approximate surface area is 141 Å². The highest BCUT2D eigenvalue weighted by atomic mass is 32.1. The first-order valence-electron chi connectivity index (χ1n) is 7.58. The van der Waals surface area contributed by atoms with Crippen LogP contribution in [0.25, 0.3) is 11.3 Å². The summed E-state index contributed by atoms with van der Waals surface area (Å²) in [6.07, 6.45) is -2.62. The number of rotatable bonds is 3. The lowest BCUT2D eigenvalue weighted by Crippen LogP contribution is -2.37. The highest BCUT2D eigenvalue weighted by Gasteiger charge is 2.30. The third kappa shape index (κ3) is 3.93. The van der Waals surface area contributed by atoms with Crippen molar-refractivity contribution in [3.8, 4) is 11.3 Å². The van der Waals surface area contributed by atoms with Crippen LogP contribution in [0.2, 0.25) is 0 Å². The number of benzene rings is 1. The number of aromatic nitrogens is 1. The number of hydrogen-bond donors (Lipinski definition) is 2. The van der Waals surface area contributed by atoms with Crippen LogP contribution in [-0.4, -0.2) is 24.0 Å². The van der Waals surface area contributed by atoms with Crippen LogP contribution in [0.4, 0.5) is 18.3 Å². The van der Waals surface area contributed by atoms with E-state index in [2.05, 4.69) is 15.6 Å². The van der Waals surface area contributed by atoms with Crippen molar-refractivity contribution in [2.45, 2.75) is 19.0 Å². The van der Waals surface area contributed by atoms with Crippen LogP contribution < -0.4 is 10.6 Å². The van der Waals surface area contributed by atoms with Crippen molar-refractivity contribution in [1.82, 2.24) is 10.3 Å². The van der Waals surface area contributed by atoms with Gasteiger partial charge in [0.25, 0.3) is 0 Å². The standard InChI is InChI=1S/C16H16F3N3OS/c17-16(18,19)12-5-1-3-10(7-12)13-9-24-15(21-13)22-14(23)11-4-2-6-20-8-11/h1,3,5,7,9,11,20H,2,4,6,8H2,(H,21,22,23). The van der Waals surface area contributed by atoms with E-state index in [0.29, 0.717) is 22.9 Å². The van der Waals surface area contributed by atoms with Crippen molar-refractivity contribution in [2.75, 3.05) is 18.4 Å². The van der Waals surface area contributed by atoms with Crippen LogP contribution in [0, 0.1) is 5.92 Å². The van der Waals surface area contributed by atoms with Gasteiger partial charge in [0.2, 0.25) is 5.91 Å². The minimum atomic E-state index is -4.39. The minimum Gasteiger partial charge on any atom is -0.316 e. The molecule has 4 nitrogen and oxygen atoms in total. The molecule has 3 rings (SSSR count). The molecule has 1 aromatic carbocycles. The first-order chi connectivity index (χ1) is 11.4. The maximum Gasteiger partial charge on any atom is 0.416 e. The molecule has 1 aliphatic heterocycles. The number of carbonyl (C=O) groups is 1. The van der Waals surface area contributed by atoms with Gasteiger partial charge in [0.15, 0.2) is 5.13 Å². The summed E-state index contributed by atoms with van der Waals surface area (Å²) in [5.74, 6) is -0.202. The van der Waals surface area contributed by atoms with Crippen molar-refractivity contribution in [2.24, 2.45) is 5.92 Å². The summed E-state index contributed by atoms with van der Waals surface area (Å²) in [7, 11) is 0. The van der Waals surface area contributed by atoms with E-state index in [9.17, 15) is 18.0 Å². The predicted molar refractivity (Wildman–Crippen MR) is 86.8 cm³/mol. The van der Waals surface area contributed by atoms with Gasteiger partial charge in [0.05, 0.1) is 17.2 Å². The summed E-state index contributed by atoms with van der Waals surface area (Å²) < 4.78 is 38.4. The Bertz CT molecular complexity index is 723. The molecule has 0 bridgehead atoms. The van der Waals surface area contributed by atoms with E-state index in [0.717, 1.165) is 31.5 Å². The summed E-state index contributed by atoms with van der Waals surface area (Å²) >= 11 is 1.21. The van der Waals surface area contributed by atoms with Crippen molar-refractivity contribution < 1.29 is 18.0 Å². The molecule has 1 aromatic heterocycles. The Kier molecular flexibility index (Phi) is 4.86. The lowest BCUT2D eigenvalue weighted by atomic mass is 9.99. The van der Waals surface area contributed by atoms with Crippen molar-refractivity contribution in [3.05, 3.63) is 35.2 Å². The van der Waals surface area contributed by atoms with Gasteiger partial charge in [-0.05, 0) is 31.5 Å². The summed E-state index contributed by atoms with van der Waals surface area (Å²) in [5, 5.41) is 7.97. The van der Waals surface area contributed by atoms with Gasteiger partial charge in [-0.2, -0.15) is 13.2 Å². The SMILES string of the molecule is O=C(Nc1nc(-c2cccc(C(F)(F)F)c2)cs1)C1CCCNC1. The molecule has 1 saturated heterocycles. The Hall–Kier alpha value is -1.93. The third-order valence-corrected chi connectivity index (χ3v) is 4.65. The highest BCUT2D eigenvalue weighted by molar-refractivity contribution is 7.14. The molecular formula is C16H16F3N3OS. The number of nitrogens with zero attached hydrogens (tertiary/aromatic N) is 1. The quantitative estimate of drug-likeness (QED) is 0.881. The van der Waals surface area contributed by atoms with Gasteiger partial charge in [0, 0.05) is 17.5 Å². The molecule has 2 heterocycles. The van der Waals surface area contributed by atoms with E-state index in [1.807, 2.05) is 0 Å². The maximum atomic E-state index is 12.8. The van der Waals surface area contributed by atoms with Gasteiger partial charge in [-0.3, -0.25) is 4.79 Å². The number of amides is 1. The second-order valence-corrected chi connectivity index (χ2v) is 6.51. The lowest BCUT2D eigenvalue weighted by molar-refractivity contribution is -0.137. The Morgan fingerprint density at radius 3 is 2.92 bits per heavy atom. The molecule has 1 amide bonds. The van der Waals surface area contributed by atoms with E-state index < -0.39 is 11.7 Å². The molecule has 1 atom stereocenters. The van der Waals surface area contributed by atoms with Crippen LogP contribution in [0.5, 0.6) is 0 Å². The molecule has 1 fully saturated rings. The van der Waals surface area contributed by atoms with Gasteiger partial charge in [-0.15, -0.1) is 11.3 Å². The third-order valence-electron chi connectivity index (χ3n) is 3.89. The Balaban J connectivity index is 1.72. The average molecular weight is 355 g/mol. The number of carbonyl (C=O) groups excluding carboxylic acids is 1. The van der Waals surface area contributed by atoms with Crippen molar-refractivity contribution >= 4 is 22.4 Å². The van der Waals surface area contributed by atoms with Gasteiger partial charge >= 0.3 is 6.18 Å². The summed E-state index contributed by atoms with van der Waals surface area (Å²) in [4.78, 5) is 16.4. The fourth-order valence-electron chi connectivity index (χ4n) is 2.60. The summed E-state index contributed by atoms with van der Waals surface area (Å²) in [6, 6.07) is 5.00.